The third kappa shape index (κ3) is 6.31. The van der Waals surface area contributed by atoms with Crippen LogP contribution in [0.5, 0.6) is 0 Å². The summed E-state index contributed by atoms with van der Waals surface area (Å²) in [4.78, 5) is 30.2. The van der Waals surface area contributed by atoms with Crippen molar-refractivity contribution in [1.29, 1.82) is 0 Å². The average Bonchev–Trinajstić information content (AvgIpc) is 3.28. The van der Waals surface area contributed by atoms with Gasteiger partial charge in [-0.1, -0.05) is 61.7 Å². The number of nitrogens with zero attached hydrogens (tertiary/aromatic N) is 2. The monoisotopic (exact) mass is 571 g/mol. The van der Waals surface area contributed by atoms with Crippen molar-refractivity contribution in [3.05, 3.63) is 89.3 Å². The quantitative estimate of drug-likeness (QED) is 0.267. The highest BCUT2D eigenvalue weighted by atomic mass is 35.5. The van der Waals surface area contributed by atoms with Crippen LogP contribution < -0.4 is 5.32 Å². The molecule has 4 rings (SSSR count). The first-order valence-electron chi connectivity index (χ1n) is 12.9. The molecule has 6 nitrogen and oxygen atoms in total. The first-order valence-corrected chi connectivity index (χ1v) is 13.3. The van der Waals surface area contributed by atoms with Crippen LogP contribution >= 0.6 is 11.6 Å². The van der Waals surface area contributed by atoms with Crippen LogP contribution in [0.15, 0.2) is 72.3 Å². The molecule has 1 saturated carbocycles. The molecule has 0 spiro atoms. The summed E-state index contributed by atoms with van der Waals surface area (Å²) >= 11 is 6.05. The second-order valence-corrected chi connectivity index (χ2v) is 10.4. The number of fused-ring (bicyclic) bond motifs is 1. The van der Waals surface area contributed by atoms with Crippen LogP contribution in [0.4, 0.5) is 18.9 Å². The molecule has 0 aliphatic heterocycles. The van der Waals surface area contributed by atoms with Gasteiger partial charge < -0.3 is 15.0 Å². The van der Waals surface area contributed by atoms with Gasteiger partial charge in [-0.25, -0.2) is 9.78 Å². The number of alkyl halides is 3. The van der Waals surface area contributed by atoms with E-state index in [4.69, 9.17) is 16.6 Å². The third-order valence-corrected chi connectivity index (χ3v) is 7.17. The van der Waals surface area contributed by atoms with Gasteiger partial charge >= 0.3 is 12.1 Å². The number of carboxylic acid groups (broad SMARTS) is 1. The summed E-state index contributed by atoms with van der Waals surface area (Å²) in [6.07, 6.45) is 4.32. The second kappa shape index (κ2) is 12.1. The van der Waals surface area contributed by atoms with Crippen molar-refractivity contribution in [3.8, 4) is 0 Å². The summed E-state index contributed by atoms with van der Waals surface area (Å²) in [5.74, 6) is -1.87. The highest BCUT2D eigenvalue weighted by Crippen LogP contribution is 2.40. The molecule has 1 unspecified atom stereocenters. The Kier molecular flexibility index (Phi) is 8.83. The molecule has 40 heavy (non-hydrogen) atoms. The maximum atomic E-state index is 14.1. The van der Waals surface area contributed by atoms with E-state index < -0.39 is 40.9 Å². The van der Waals surface area contributed by atoms with Crippen molar-refractivity contribution < 1.29 is 27.9 Å². The fourth-order valence-corrected chi connectivity index (χ4v) is 5.25. The number of aromatic carboxylic acids is 1. The number of halogens is 4. The number of benzene rings is 2. The number of anilines is 1. The van der Waals surface area contributed by atoms with Crippen LogP contribution in [0.1, 0.15) is 66.8 Å². The summed E-state index contributed by atoms with van der Waals surface area (Å²) in [6, 6.07) is 8.92. The molecular formula is C30H29ClF3N3O3. The van der Waals surface area contributed by atoms with Gasteiger partial charge in [0.15, 0.2) is 0 Å². The Morgan fingerprint density at radius 1 is 1.15 bits per heavy atom. The fraction of sp³-hybridized carbons (Fsp3) is 0.300. The molecule has 1 fully saturated rings. The van der Waals surface area contributed by atoms with Gasteiger partial charge in [-0.05, 0) is 62.1 Å². The zero-order chi connectivity index (χ0) is 29.0. The van der Waals surface area contributed by atoms with Gasteiger partial charge in [0, 0.05) is 10.6 Å². The summed E-state index contributed by atoms with van der Waals surface area (Å²) in [5, 5.41) is 12.2. The molecule has 1 aromatic heterocycles. The molecule has 10 heteroatoms. The van der Waals surface area contributed by atoms with Crippen LogP contribution in [0.25, 0.3) is 16.6 Å². The predicted octanol–water partition coefficient (Wildman–Crippen LogP) is 8.23. The van der Waals surface area contributed by atoms with E-state index >= 15 is 0 Å². The number of allylic oxidation sites excluding steroid dienone is 5. The van der Waals surface area contributed by atoms with E-state index in [0.29, 0.717) is 46.4 Å². The van der Waals surface area contributed by atoms with Gasteiger partial charge in [-0.15, -0.1) is 0 Å². The number of amides is 1. The van der Waals surface area contributed by atoms with Gasteiger partial charge in [0.05, 0.1) is 27.8 Å². The van der Waals surface area contributed by atoms with Crippen molar-refractivity contribution in [2.45, 2.75) is 51.2 Å². The van der Waals surface area contributed by atoms with Gasteiger partial charge in [0.2, 0.25) is 5.91 Å². The smallest absolute Gasteiger partial charge is 0.418 e. The Labute approximate surface area is 234 Å². The lowest BCUT2D eigenvalue weighted by molar-refractivity contribution is -0.137. The zero-order valence-electron chi connectivity index (χ0n) is 21.8. The van der Waals surface area contributed by atoms with Crippen molar-refractivity contribution in [2.24, 2.45) is 5.92 Å². The SMILES string of the molecule is C=C/C(=C\C=C(/C)Cl)c1nc2ccccc2n1C(C(=O)Nc1ccc(C(=O)O)cc1C(F)(F)F)C1CCCCC1. The lowest BCUT2D eigenvalue weighted by Gasteiger charge is -2.32. The minimum atomic E-state index is -4.88. The Morgan fingerprint density at radius 3 is 2.48 bits per heavy atom. The molecule has 1 aliphatic carbocycles. The topological polar surface area (TPSA) is 84.2 Å². The van der Waals surface area contributed by atoms with Crippen LogP contribution in [0.3, 0.4) is 0 Å². The minimum Gasteiger partial charge on any atom is -0.478 e. The summed E-state index contributed by atoms with van der Waals surface area (Å²) in [6.45, 7) is 5.62. The van der Waals surface area contributed by atoms with Crippen LogP contribution in [0, 0.1) is 5.92 Å². The second-order valence-electron chi connectivity index (χ2n) is 9.77. The molecule has 2 aromatic carbocycles. The molecule has 210 valence electrons. The minimum absolute atomic E-state index is 0.172. The first kappa shape index (κ1) is 29.1. The number of para-hydroxylation sites is 2. The standard InChI is InChI=1S/C30H29ClF3N3O3/c1-3-19(14-13-18(2)31)27-35-24-11-7-8-12-25(24)37(27)26(20-9-5-4-6-10-20)28(38)36-23-16-15-21(29(39)40)17-22(23)30(32,33)34/h3,7-8,11-17,20,26H,1,4-6,9-10H2,2H3,(H,36,38)(H,39,40)/b18-13+,19-14+. The normalized spacial score (nSPS) is 16.1. The van der Waals surface area contributed by atoms with Crippen molar-refractivity contribution in [3.63, 3.8) is 0 Å². The van der Waals surface area contributed by atoms with Gasteiger partial charge in [0.1, 0.15) is 11.9 Å². The molecule has 1 aliphatic rings. The van der Waals surface area contributed by atoms with Crippen LogP contribution in [-0.2, 0) is 11.0 Å². The number of carboxylic acids is 1. The van der Waals surface area contributed by atoms with Crippen molar-refractivity contribution in [1.82, 2.24) is 9.55 Å². The average molecular weight is 572 g/mol. The van der Waals surface area contributed by atoms with Crippen molar-refractivity contribution >= 4 is 45.8 Å². The van der Waals surface area contributed by atoms with Crippen LogP contribution in [0.2, 0.25) is 0 Å². The third-order valence-electron chi connectivity index (χ3n) is 7.04. The molecular weight excluding hydrogens is 543 g/mol. The van der Waals surface area contributed by atoms with Gasteiger partial charge in [0.25, 0.3) is 0 Å². The molecule has 0 bridgehead atoms. The molecule has 0 radical (unpaired) electrons. The lowest BCUT2D eigenvalue weighted by Crippen LogP contribution is -2.34. The molecule has 2 N–H and O–H groups in total. The zero-order valence-corrected chi connectivity index (χ0v) is 22.6. The Bertz CT molecular complexity index is 1500. The number of carbonyl (C=O) groups excluding carboxylic acids is 1. The highest BCUT2D eigenvalue weighted by molar-refractivity contribution is 6.29. The van der Waals surface area contributed by atoms with Crippen molar-refractivity contribution in [2.75, 3.05) is 5.32 Å². The lowest BCUT2D eigenvalue weighted by atomic mass is 9.83. The van der Waals surface area contributed by atoms with E-state index in [1.807, 2.05) is 18.2 Å². The maximum absolute atomic E-state index is 14.1. The van der Waals surface area contributed by atoms with E-state index in [-0.39, 0.29) is 5.92 Å². The van der Waals surface area contributed by atoms with E-state index in [1.54, 1.807) is 35.8 Å². The number of aromatic nitrogens is 2. The number of carbonyl (C=O) groups is 2. The van der Waals surface area contributed by atoms with Gasteiger partial charge in [-0.3, -0.25) is 4.79 Å². The van der Waals surface area contributed by atoms with E-state index in [1.165, 1.54) is 0 Å². The molecule has 0 saturated heterocycles. The number of nitrogens with one attached hydrogen (secondary N) is 1. The molecule has 1 heterocycles. The van der Waals surface area contributed by atoms with Gasteiger partial charge in [-0.2, -0.15) is 13.2 Å². The number of hydrogen-bond donors (Lipinski definition) is 2. The Hall–Kier alpha value is -3.85. The summed E-state index contributed by atoms with van der Waals surface area (Å²) in [5.41, 5.74) is -0.401. The Balaban J connectivity index is 1.89. The number of hydrogen-bond acceptors (Lipinski definition) is 3. The summed E-state index contributed by atoms with van der Waals surface area (Å²) < 4.78 is 43.6. The van der Waals surface area contributed by atoms with E-state index in [9.17, 15) is 27.9 Å². The maximum Gasteiger partial charge on any atom is 0.418 e. The number of rotatable bonds is 8. The Morgan fingerprint density at radius 2 is 1.85 bits per heavy atom. The molecule has 1 atom stereocenters. The van der Waals surface area contributed by atoms with E-state index in [0.717, 1.165) is 31.4 Å². The number of imidazole rings is 1. The fourth-order valence-electron chi connectivity index (χ4n) is 5.19. The molecule has 3 aromatic rings. The van der Waals surface area contributed by atoms with Crippen LogP contribution in [-0.4, -0.2) is 26.5 Å². The largest absolute Gasteiger partial charge is 0.478 e. The highest BCUT2D eigenvalue weighted by Gasteiger charge is 2.38. The van der Waals surface area contributed by atoms with E-state index in [2.05, 4.69) is 11.9 Å². The molecule has 1 amide bonds. The summed E-state index contributed by atoms with van der Waals surface area (Å²) in [7, 11) is 0. The predicted molar refractivity (Wildman–Crippen MR) is 150 cm³/mol. The first-order chi connectivity index (χ1) is 19.0.